The zero-order chi connectivity index (χ0) is 9.97. The lowest BCUT2D eigenvalue weighted by atomic mass is 10.1. The van der Waals surface area contributed by atoms with Crippen LogP contribution in [0.15, 0.2) is 30.7 Å². The predicted octanol–water partition coefficient (Wildman–Crippen LogP) is 2.34. The third-order valence-electron chi connectivity index (χ3n) is 1.70. The van der Waals surface area contributed by atoms with Crippen molar-refractivity contribution in [3.63, 3.8) is 0 Å². The van der Waals surface area contributed by atoms with Gasteiger partial charge in [-0.1, -0.05) is 12.2 Å². The van der Waals surface area contributed by atoms with E-state index in [4.69, 9.17) is 12.2 Å². The van der Waals surface area contributed by atoms with Gasteiger partial charge in [0.1, 0.15) is 10.5 Å². The highest BCUT2D eigenvalue weighted by atomic mass is 32.1. The molecule has 14 heavy (non-hydrogen) atoms. The van der Waals surface area contributed by atoms with E-state index in [9.17, 15) is 4.39 Å². The zero-order valence-electron chi connectivity index (χ0n) is 7.07. The van der Waals surface area contributed by atoms with E-state index < -0.39 is 0 Å². The molecule has 5 heteroatoms. The largest absolute Gasteiger partial charge is 0.268 e. The van der Waals surface area contributed by atoms with Crippen LogP contribution in [0.2, 0.25) is 0 Å². The minimum atomic E-state index is -0.374. The molecule has 0 spiro atoms. The molecule has 3 nitrogen and oxygen atoms in total. The van der Waals surface area contributed by atoms with Gasteiger partial charge in [0.2, 0.25) is 0 Å². The number of hydrogen-bond donors (Lipinski definition) is 1. The van der Waals surface area contributed by atoms with E-state index in [1.54, 1.807) is 18.5 Å². The maximum Gasteiger partial charge on any atom is 0.142 e. The fourth-order valence-corrected chi connectivity index (χ4v) is 1.28. The van der Waals surface area contributed by atoms with E-state index in [0.717, 1.165) is 11.8 Å². The highest BCUT2D eigenvalue weighted by molar-refractivity contribution is 7.71. The van der Waals surface area contributed by atoms with Crippen LogP contribution in [0, 0.1) is 10.5 Å². The van der Waals surface area contributed by atoms with Crippen molar-refractivity contribution in [1.29, 1.82) is 0 Å². The first-order valence-electron chi connectivity index (χ1n) is 3.91. The van der Waals surface area contributed by atoms with E-state index >= 15 is 0 Å². The minimum absolute atomic E-state index is 0.374. The summed E-state index contributed by atoms with van der Waals surface area (Å²) in [7, 11) is 0. The van der Waals surface area contributed by atoms with E-state index in [-0.39, 0.29) is 5.82 Å². The molecule has 0 radical (unpaired) electrons. The molecule has 0 atom stereocenters. The second kappa shape index (κ2) is 3.63. The summed E-state index contributed by atoms with van der Waals surface area (Å²) in [5.74, 6) is -0.374. The van der Waals surface area contributed by atoms with Gasteiger partial charge in [-0.3, -0.25) is 10.1 Å². The van der Waals surface area contributed by atoms with Crippen molar-refractivity contribution in [3.05, 3.63) is 41.2 Å². The van der Waals surface area contributed by atoms with Crippen molar-refractivity contribution < 1.29 is 4.39 Å². The first-order valence-corrected chi connectivity index (χ1v) is 4.32. The molecule has 0 saturated heterocycles. The van der Waals surface area contributed by atoms with E-state index in [2.05, 4.69) is 15.2 Å². The molecular weight excluding hydrogens is 201 g/mol. The Morgan fingerprint density at radius 1 is 1.14 bits per heavy atom. The Balaban J connectivity index is 2.55. The van der Waals surface area contributed by atoms with Gasteiger partial charge in [0.25, 0.3) is 0 Å². The van der Waals surface area contributed by atoms with Crippen molar-refractivity contribution in [1.82, 2.24) is 15.2 Å². The average Bonchev–Trinajstić information content (AvgIpc) is 2.18. The summed E-state index contributed by atoms with van der Waals surface area (Å²) in [6.45, 7) is 0. The predicted molar refractivity (Wildman–Crippen MR) is 52.6 cm³/mol. The fourth-order valence-electron chi connectivity index (χ4n) is 1.10. The Labute approximate surface area is 84.6 Å². The number of aromatic amines is 1. The Bertz CT molecular complexity index is 509. The molecule has 0 saturated carbocycles. The molecule has 2 rings (SSSR count). The lowest BCUT2D eigenvalue weighted by Gasteiger charge is -1.98. The second-order valence-electron chi connectivity index (χ2n) is 2.73. The van der Waals surface area contributed by atoms with Gasteiger partial charge in [-0.2, -0.15) is 5.10 Å². The molecule has 2 heterocycles. The number of aromatic nitrogens is 3. The number of nitrogens with one attached hydrogen (secondary N) is 1. The summed E-state index contributed by atoms with van der Waals surface area (Å²) >= 11 is 4.90. The lowest BCUT2D eigenvalue weighted by Crippen LogP contribution is -1.86. The SMILES string of the molecule is Fc1cncc(-c2cn[nH]c(=S)c2)c1. The summed E-state index contributed by atoms with van der Waals surface area (Å²) in [5.41, 5.74) is 1.42. The van der Waals surface area contributed by atoms with Crippen LogP contribution in [0.25, 0.3) is 11.1 Å². The molecule has 1 N–H and O–H groups in total. The number of hydrogen-bond acceptors (Lipinski definition) is 3. The smallest absolute Gasteiger partial charge is 0.142 e. The third kappa shape index (κ3) is 1.82. The molecule has 70 valence electrons. The fraction of sp³-hybridized carbons (Fsp3) is 0. The molecular formula is C9H6FN3S. The van der Waals surface area contributed by atoms with Crippen LogP contribution in [0.3, 0.4) is 0 Å². The quantitative estimate of drug-likeness (QED) is 0.730. The van der Waals surface area contributed by atoms with Gasteiger partial charge < -0.3 is 0 Å². The summed E-state index contributed by atoms with van der Waals surface area (Å²) < 4.78 is 13.3. The molecule has 0 aliphatic rings. The van der Waals surface area contributed by atoms with Crippen LogP contribution in [0.1, 0.15) is 0 Å². The monoisotopic (exact) mass is 207 g/mol. The second-order valence-corrected chi connectivity index (χ2v) is 3.17. The van der Waals surface area contributed by atoms with Crippen molar-refractivity contribution in [2.75, 3.05) is 0 Å². The maximum atomic E-state index is 12.8. The summed E-state index contributed by atoms with van der Waals surface area (Å²) in [6.07, 6.45) is 4.29. The number of rotatable bonds is 1. The van der Waals surface area contributed by atoms with Gasteiger partial charge in [0.15, 0.2) is 0 Å². The Kier molecular flexibility index (Phi) is 2.32. The molecule has 0 amide bonds. The molecule has 0 aliphatic heterocycles. The topological polar surface area (TPSA) is 41.6 Å². The molecule has 0 bridgehead atoms. The maximum absolute atomic E-state index is 12.8. The molecule has 0 aromatic carbocycles. The van der Waals surface area contributed by atoms with Crippen molar-refractivity contribution in [2.24, 2.45) is 0 Å². The zero-order valence-corrected chi connectivity index (χ0v) is 7.88. The molecule has 2 aromatic rings. The van der Waals surface area contributed by atoms with Crippen molar-refractivity contribution in [3.8, 4) is 11.1 Å². The Morgan fingerprint density at radius 3 is 2.64 bits per heavy atom. The van der Waals surface area contributed by atoms with Gasteiger partial charge in [-0.25, -0.2) is 4.39 Å². The highest BCUT2D eigenvalue weighted by Crippen LogP contribution is 2.16. The summed E-state index contributed by atoms with van der Waals surface area (Å²) in [5, 5.41) is 6.42. The van der Waals surface area contributed by atoms with Crippen molar-refractivity contribution in [2.45, 2.75) is 0 Å². The number of nitrogens with zero attached hydrogens (tertiary/aromatic N) is 2. The van der Waals surface area contributed by atoms with Gasteiger partial charge >= 0.3 is 0 Å². The molecule has 0 aliphatic carbocycles. The van der Waals surface area contributed by atoms with E-state index in [1.165, 1.54) is 6.07 Å². The number of halogens is 1. The Hall–Kier alpha value is -1.62. The number of H-pyrrole nitrogens is 1. The highest BCUT2D eigenvalue weighted by Gasteiger charge is 1.99. The Morgan fingerprint density at radius 2 is 1.93 bits per heavy atom. The average molecular weight is 207 g/mol. The van der Waals surface area contributed by atoms with Crippen LogP contribution in [0.4, 0.5) is 4.39 Å². The van der Waals surface area contributed by atoms with Crippen LogP contribution in [0.5, 0.6) is 0 Å². The van der Waals surface area contributed by atoms with Crippen LogP contribution in [-0.2, 0) is 0 Å². The minimum Gasteiger partial charge on any atom is -0.268 e. The molecule has 2 aromatic heterocycles. The first kappa shape index (κ1) is 8.96. The third-order valence-corrected chi connectivity index (χ3v) is 1.91. The molecule has 0 fully saturated rings. The van der Waals surface area contributed by atoms with E-state index in [1.807, 2.05) is 0 Å². The molecule has 0 unspecified atom stereocenters. The van der Waals surface area contributed by atoms with Crippen molar-refractivity contribution >= 4 is 12.2 Å². The summed E-state index contributed by atoms with van der Waals surface area (Å²) in [4.78, 5) is 3.74. The normalized spacial score (nSPS) is 10.1. The van der Waals surface area contributed by atoms with Crippen LogP contribution in [-0.4, -0.2) is 15.2 Å². The van der Waals surface area contributed by atoms with Gasteiger partial charge in [0, 0.05) is 17.3 Å². The van der Waals surface area contributed by atoms with E-state index in [0.29, 0.717) is 10.2 Å². The lowest BCUT2D eigenvalue weighted by molar-refractivity contribution is 0.622. The summed E-state index contributed by atoms with van der Waals surface area (Å²) in [6, 6.07) is 3.09. The standard InChI is InChI=1S/C9H6FN3S/c10-8-1-6(3-11-5-8)7-2-9(14)13-12-4-7/h1-5H,(H,13,14). The first-order chi connectivity index (χ1) is 6.75. The van der Waals surface area contributed by atoms with Gasteiger partial charge in [0.05, 0.1) is 12.4 Å². The van der Waals surface area contributed by atoms with Crippen LogP contribution < -0.4 is 0 Å². The van der Waals surface area contributed by atoms with Crippen LogP contribution >= 0.6 is 12.2 Å². The number of pyridine rings is 1. The van der Waals surface area contributed by atoms with Gasteiger partial charge in [-0.05, 0) is 12.1 Å². The van der Waals surface area contributed by atoms with Gasteiger partial charge in [-0.15, -0.1) is 0 Å².